The van der Waals surface area contributed by atoms with Gasteiger partial charge in [-0.2, -0.15) is 0 Å². The minimum Gasteiger partial charge on any atom is -0.490 e. The number of nitrogens with one attached hydrogen (secondary N) is 1. The van der Waals surface area contributed by atoms with Crippen molar-refractivity contribution in [1.82, 2.24) is 19.5 Å². The summed E-state index contributed by atoms with van der Waals surface area (Å²) in [6.07, 6.45) is 7.85. The second-order valence-corrected chi connectivity index (χ2v) is 7.28. The van der Waals surface area contributed by atoms with Gasteiger partial charge in [-0.25, -0.2) is 15.0 Å². The molecule has 8 heteroatoms. The van der Waals surface area contributed by atoms with Gasteiger partial charge in [-0.15, -0.1) is 0 Å². The molecule has 0 aliphatic heterocycles. The Morgan fingerprint density at radius 2 is 1.93 bits per heavy atom. The van der Waals surface area contributed by atoms with Crippen molar-refractivity contribution in [1.29, 1.82) is 0 Å². The Balaban J connectivity index is 1.43. The van der Waals surface area contributed by atoms with Crippen LogP contribution in [0.4, 0.5) is 5.95 Å². The summed E-state index contributed by atoms with van der Waals surface area (Å²) in [5.74, 6) is 0.975. The summed E-state index contributed by atoms with van der Waals surface area (Å²) in [4.78, 5) is 37.3. The van der Waals surface area contributed by atoms with E-state index in [0.29, 0.717) is 22.9 Å². The molecule has 1 aliphatic rings. The molecule has 30 heavy (non-hydrogen) atoms. The third-order valence-electron chi connectivity index (χ3n) is 5.17. The van der Waals surface area contributed by atoms with Crippen LogP contribution in [0.2, 0.25) is 0 Å². The van der Waals surface area contributed by atoms with Crippen LogP contribution in [0.5, 0.6) is 5.75 Å². The van der Waals surface area contributed by atoms with Crippen molar-refractivity contribution in [3.05, 3.63) is 64.8 Å². The molecule has 1 aromatic carbocycles. The number of anilines is 1. The first-order valence-electron chi connectivity index (χ1n) is 9.98. The number of aromatic nitrogens is 4. The number of carbonyl (C=O) groups is 1. The van der Waals surface area contributed by atoms with Crippen LogP contribution in [0, 0.1) is 0 Å². The highest BCUT2D eigenvalue weighted by Crippen LogP contribution is 2.24. The molecule has 0 saturated heterocycles. The van der Waals surface area contributed by atoms with Gasteiger partial charge in [-0.1, -0.05) is 0 Å². The van der Waals surface area contributed by atoms with E-state index in [0.717, 1.165) is 18.6 Å². The third-order valence-corrected chi connectivity index (χ3v) is 5.17. The van der Waals surface area contributed by atoms with E-state index in [1.54, 1.807) is 31.4 Å². The molecular weight excluding hydrogens is 382 g/mol. The van der Waals surface area contributed by atoms with Gasteiger partial charge < -0.3 is 10.1 Å². The molecule has 1 saturated carbocycles. The first-order chi connectivity index (χ1) is 14.6. The fourth-order valence-electron chi connectivity index (χ4n) is 3.45. The van der Waals surface area contributed by atoms with Crippen molar-refractivity contribution in [2.75, 3.05) is 11.9 Å². The number of hydrogen-bond acceptors (Lipinski definition) is 7. The van der Waals surface area contributed by atoms with E-state index in [2.05, 4.69) is 20.3 Å². The lowest BCUT2D eigenvalue weighted by molar-refractivity contribution is 0.101. The number of ketones is 1. The van der Waals surface area contributed by atoms with Crippen LogP contribution in [0.25, 0.3) is 11.4 Å². The molecule has 0 radical (unpaired) electrons. The van der Waals surface area contributed by atoms with E-state index in [1.807, 2.05) is 12.1 Å². The molecule has 2 heterocycles. The zero-order chi connectivity index (χ0) is 20.9. The molecule has 0 bridgehead atoms. The Bertz CT molecular complexity index is 1070. The number of nitrogens with zero attached hydrogens (tertiary/aromatic N) is 4. The molecule has 154 valence electrons. The standard InChI is InChI=1S/C22H23N5O3/c1-27-21(29)12-19(18-10-11-23-14-25-18)26-22(27)24-13-20(28)15-6-8-17(9-7-15)30-16-4-2-3-5-16/h6-12,14,16H,2-5,13H2,1H3,(H,24,26). The largest absolute Gasteiger partial charge is 0.490 e. The van der Waals surface area contributed by atoms with Crippen LogP contribution in [-0.4, -0.2) is 38.0 Å². The van der Waals surface area contributed by atoms with Crippen LogP contribution in [-0.2, 0) is 7.05 Å². The van der Waals surface area contributed by atoms with Crippen molar-refractivity contribution in [3.8, 4) is 17.1 Å². The second kappa shape index (κ2) is 8.86. The first kappa shape index (κ1) is 19.8. The monoisotopic (exact) mass is 405 g/mol. The van der Waals surface area contributed by atoms with Crippen molar-refractivity contribution in [2.24, 2.45) is 7.05 Å². The predicted molar refractivity (Wildman–Crippen MR) is 113 cm³/mol. The van der Waals surface area contributed by atoms with E-state index < -0.39 is 0 Å². The van der Waals surface area contributed by atoms with Crippen molar-refractivity contribution >= 4 is 11.7 Å². The summed E-state index contributed by atoms with van der Waals surface area (Å²) >= 11 is 0. The fraction of sp³-hybridized carbons (Fsp3) is 0.318. The normalized spacial score (nSPS) is 13.9. The molecule has 1 aliphatic carbocycles. The van der Waals surface area contributed by atoms with Gasteiger partial charge in [-0.05, 0) is 56.0 Å². The van der Waals surface area contributed by atoms with E-state index in [9.17, 15) is 9.59 Å². The number of benzene rings is 1. The van der Waals surface area contributed by atoms with Gasteiger partial charge in [0.2, 0.25) is 5.95 Å². The average molecular weight is 405 g/mol. The lowest BCUT2D eigenvalue weighted by atomic mass is 10.1. The molecule has 4 rings (SSSR count). The molecule has 0 atom stereocenters. The first-order valence-corrected chi connectivity index (χ1v) is 9.98. The molecule has 0 amide bonds. The quantitative estimate of drug-likeness (QED) is 0.604. The molecule has 0 spiro atoms. The van der Waals surface area contributed by atoms with Crippen molar-refractivity contribution in [3.63, 3.8) is 0 Å². The molecule has 1 N–H and O–H groups in total. The van der Waals surface area contributed by atoms with Crippen LogP contribution < -0.4 is 15.6 Å². The Morgan fingerprint density at radius 3 is 2.63 bits per heavy atom. The van der Waals surface area contributed by atoms with Gasteiger partial charge in [0.1, 0.15) is 12.1 Å². The minimum absolute atomic E-state index is 0.0103. The van der Waals surface area contributed by atoms with E-state index >= 15 is 0 Å². The van der Waals surface area contributed by atoms with Crippen LogP contribution in [0.15, 0.2) is 53.7 Å². The van der Waals surface area contributed by atoms with Gasteiger partial charge in [0.15, 0.2) is 5.78 Å². The molecule has 1 fully saturated rings. The molecule has 0 unspecified atom stereocenters. The maximum atomic E-state index is 12.6. The van der Waals surface area contributed by atoms with E-state index in [1.165, 1.54) is 29.8 Å². The maximum Gasteiger partial charge on any atom is 0.255 e. The van der Waals surface area contributed by atoms with E-state index in [-0.39, 0.29) is 24.0 Å². The molecule has 3 aromatic rings. The van der Waals surface area contributed by atoms with Gasteiger partial charge >= 0.3 is 0 Å². The SMILES string of the molecule is Cn1c(NCC(=O)c2ccc(OC3CCCC3)cc2)nc(-c2ccncn2)cc1=O. The lowest BCUT2D eigenvalue weighted by Crippen LogP contribution is -2.24. The number of carbonyl (C=O) groups excluding carboxylic acids is 1. The van der Waals surface area contributed by atoms with Crippen LogP contribution in [0.1, 0.15) is 36.0 Å². The summed E-state index contributed by atoms with van der Waals surface area (Å²) < 4.78 is 7.30. The summed E-state index contributed by atoms with van der Waals surface area (Å²) in [6.45, 7) is 0.0103. The second-order valence-electron chi connectivity index (χ2n) is 7.28. The molecule has 2 aromatic heterocycles. The number of Topliss-reactive ketones (excluding diaryl/α,β-unsaturated/α-hetero) is 1. The van der Waals surface area contributed by atoms with Gasteiger partial charge in [0.05, 0.1) is 24.0 Å². The third kappa shape index (κ3) is 4.53. The number of hydrogen-bond donors (Lipinski definition) is 1. The fourth-order valence-corrected chi connectivity index (χ4v) is 3.45. The average Bonchev–Trinajstić information content (AvgIpc) is 3.28. The predicted octanol–water partition coefficient (Wildman–Crippen LogP) is 2.85. The van der Waals surface area contributed by atoms with Gasteiger partial charge in [0, 0.05) is 24.9 Å². The Kier molecular flexibility index (Phi) is 5.83. The Hall–Kier alpha value is -3.55. The lowest BCUT2D eigenvalue weighted by Gasteiger charge is -2.13. The van der Waals surface area contributed by atoms with Gasteiger partial charge in [-0.3, -0.25) is 14.2 Å². The highest BCUT2D eigenvalue weighted by molar-refractivity contribution is 5.98. The Morgan fingerprint density at radius 1 is 1.17 bits per heavy atom. The zero-order valence-electron chi connectivity index (χ0n) is 16.7. The minimum atomic E-state index is -0.248. The topological polar surface area (TPSA) is 99.0 Å². The zero-order valence-corrected chi connectivity index (χ0v) is 16.7. The molecular formula is C22H23N5O3. The maximum absolute atomic E-state index is 12.6. The number of ether oxygens (including phenoxy) is 1. The van der Waals surface area contributed by atoms with Crippen molar-refractivity contribution in [2.45, 2.75) is 31.8 Å². The Labute approximate surface area is 174 Å². The summed E-state index contributed by atoms with van der Waals surface area (Å²) in [5, 5.41) is 2.96. The highest BCUT2D eigenvalue weighted by Gasteiger charge is 2.17. The van der Waals surface area contributed by atoms with E-state index in [4.69, 9.17) is 4.74 Å². The van der Waals surface area contributed by atoms with Gasteiger partial charge in [0.25, 0.3) is 5.56 Å². The van der Waals surface area contributed by atoms with Crippen LogP contribution >= 0.6 is 0 Å². The highest BCUT2D eigenvalue weighted by atomic mass is 16.5. The molecule has 8 nitrogen and oxygen atoms in total. The van der Waals surface area contributed by atoms with Crippen LogP contribution in [0.3, 0.4) is 0 Å². The summed E-state index contributed by atoms with van der Waals surface area (Å²) in [7, 11) is 1.60. The summed E-state index contributed by atoms with van der Waals surface area (Å²) in [5.41, 5.74) is 1.28. The summed E-state index contributed by atoms with van der Waals surface area (Å²) in [6, 6.07) is 10.3. The smallest absolute Gasteiger partial charge is 0.255 e. The van der Waals surface area contributed by atoms with Crippen molar-refractivity contribution < 1.29 is 9.53 Å². The number of rotatable bonds is 7.